The van der Waals surface area contributed by atoms with Crippen LogP contribution in [-0.2, 0) is 13.6 Å². The monoisotopic (exact) mass is 331 g/mol. The first-order chi connectivity index (χ1) is 12.3. The number of hydrogen-bond donors (Lipinski definition) is 1. The average molecular weight is 331 g/mol. The van der Waals surface area contributed by atoms with Crippen LogP contribution in [0.3, 0.4) is 0 Å². The van der Waals surface area contributed by atoms with Gasteiger partial charge in [-0.05, 0) is 17.7 Å². The summed E-state index contributed by atoms with van der Waals surface area (Å²) < 4.78 is 4.25. The highest BCUT2D eigenvalue weighted by Crippen LogP contribution is 2.24. The predicted octanol–water partition coefficient (Wildman–Crippen LogP) is 3.15. The van der Waals surface area contributed by atoms with Crippen molar-refractivity contribution in [1.82, 2.24) is 24.4 Å². The summed E-state index contributed by atoms with van der Waals surface area (Å²) >= 11 is 0. The molecule has 2 aromatic heterocycles. The van der Waals surface area contributed by atoms with Gasteiger partial charge in [0.15, 0.2) is 0 Å². The van der Waals surface area contributed by atoms with Crippen molar-refractivity contribution in [3.05, 3.63) is 84.7 Å². The zero-order valence-corrected chi connectivity index (χ0v) is 14.2. The van der Waals surface area contributed by atoms with Crippen LogP contribution in [0.25, 0.3) is 11.0 Å². The van der Waals surface area contributed by atoms with Gasteiger partial charge in [0.25, 0.3) is 0 Å². The highest BCUT2D eigenvalue weighted by Gasteiger charge is 2.19. The molecule has 0 aliphatic carbocycles. The molecule has 0 spiro atoms. The molecule has 1 N–H and O–H groups in total. The second-order valence-electron chi connectivity index (χ2n) is 6.12. The van der Waals surface area contributed by atoms with Crippen molar-refractivity contribution in [3.8, 4) is 0 Å². The summed E-state index contributed by atoms with van der Waals surface area (Å²) in [5.74, 6) is 1.03. The van der Waals surface area contributed by atoms with Gasteiger partial charge in [-0.25, -0.2) is 9.97 Å². The lowest BCUT2D eigenvalue weighted by Gasteiger charge is -2.19. The fourth-order valence-corrected chi connectivity index (χ4v) is 3.18. The van der Waals surface area contributed by atoms with E-state index in [4.69, 9.17) is 4.98 Å². The minimum atomic E-state index is 0.0436. The smallest absolute Gasteiger partial charge is 0.131 e. The maximum atomic E-state index is 4.89. The van der Waals surface area contributed by atoms with E-state index in [1.807, 2.05) is 24.7 Å². The Balaban J connectivity index is 1.65. The number of fused-ring (bicyclic) bond motifs is 1. The molecule has 2 heterocycles. The molecule has 0 saturated heterocycles. The molecule has 0 unspecified atom stereocenters. The Bertz CT molecular complexity index is 941. The molecule has 0 aliphatic rings. The Hall–Kier alpha value is -2.92. The van der Waals surface area contributed by atoms with Crippen LogP contribution in [-0.4, -0.2) is 25.6 Å². The predicted molar refractivity (Wildman–Crippen MR) is 99.2 cm³/mol. The zero-order chi connectivity index (χ0) is 17.1. The van der Waals surface area contributed by atoms with Crippen molar-refractivity contribution in [2.45, 2.75) is 12.6 Å². The molecule has 0 amide bonds. The van der Waals surface area contributed by atoms with E-state index in [2.05, 4.69) is 68.9 Å². The normalized spacial score (nSPS) is 12.5. The van der Waals surface area contributed by atoms with Crippen LogP contribution in [0.5, 0.6) is 0 Å². The highest BCUT2D eigenvalue weighted by molar-refractivity contribution is 5.76. The van der Waals surface area contributed by atoms with Gasteiger partial charge in [-0.15, -0.1) is 0 Å². The molecule has 2 aromatic carbocycles. The third-order valence-electron chi connectivity index (χ3n) is 4.49. The molecular weight excluding hydrogens is 310 g/mol. The molecule has 25 heavy (non-hydrogen) atoms. The van der Waals surface area contributed by atoms with Crippen molar-refractivity contribution in [3.63, 3.8) is 0 Å². The Morgan fingerprint density at radius 3 is 2.60 bits per heavy atom. The van der Waals surface area contributed by atoms with Crippen LogP contribution in [0.1, 0.15) is 17.4 Å². The molecule has 4 aromatic rings. The Labute approximate surface area is 147 Å². The largest absolute Gasteiger partial charge is 0.336 e. The first kappa shape index (κ1) is 15.6. The van der Waals surface area contributed by atoms with Crippen LogP contribution in [0.15, 0.2) is 73.3 Å². The number of hydrogen-bond acceptors (Lipinski definition) is 3. The zero-order valence-electron chi connectivity index (χ0n) is 14.2. The molecular formula is C20H21N5. The molecule has 1 atom stereocenters. The van der Waals surface area contributed by atoms with Gasteiger partial charge in [-0.2, -0.15) is 0 Å². The first-order valence-electron chi connectivity index (χ1n) is 8.48. The molecule has 0 radical (unpaired) electrons. The van der Waals surface area contributed by atoms with E-state index in [1.54, 1.807) is 6.20 Å². The van der Waals surface area contributed by atoms with Crippen molar-refractivity contribution >= 4 is 11.0 Å². The van der Waals surface area contributed by atoms with Crippen molar-refractivity contribution in [2.24, 2.45) is 7.05 Å². The van der Waals surface area contributed by atoms with Crippen LogP contribution in [0, 0.1) is 0 Å². The van der Waals surface area contributed by atoms with Crippen molar-refractivity contribution in [1.29, 1.82) is 0 Å². The SMILES string of the molecule is Cn1c([C@H](NCCn2ccnc2)c2ccccc2)nc2ccccc21. The summed E-state index contributed by atoms with van der Waals surface area (Å²) in [4.78, 5) is 8.98. The van der Waals surface area contributed by atoms with Gasteiger partial charge in [0.1, 0.15) is 5.82 Å². The van der Waals surface area contributed by atoms with E-state index >= 15 is 0 Å². The van der Waals surface area contributed by atoms with Gasteiger partial charge in [0.2, 0.25) is 0 Å². The van der Waals surface area contributed by atoms with Crippen LogP contribution in [0.2, 0.25) is 0 Å². The topological polar surface area (TPSA) is 47.7 Å². The van der Waals surface area contributed by atoms with E-state index in [9.17, 15) is 0 Å². The van der Waals surface area contributed by atoms with Gasteiger partial charge in [-0.1, -0.05) is 42.5 Å². The molecule has 4 rings (SSSR count). The molecule has 0 saturated carbocycles. The Morgan fingerprint density at radius 2 is 1.84 bits per heavy atom. The maximum Gasteiger partial charge on any atom is 0.131 e. The van der Waals surface area contributed by atoms with E-state index in [-0.39, 0.29) is 6.04 Å². The number of benzene rings is 2. The molecule has 5 nitrogen and oxygen atoms in total. The Kier molecular flexibility index (Phi) is 4.31. The number of aryl methyl sites for hydroxylation is 1. The van der Waals surface area contributed by atoms with Gasteiger partial charge >= 0.3 is 0 Å². The summed E-state index contributed by atoms with van der Waals surface area (Å²) in [6, 6.07) is 18.8. The molecule has 5 heteroatoms. The number of imidazole rings is 2. The van der Waals surface area contributed by atoms with Crippen LogP contribution in [0.4, 0.5) is 0 Å². The minimum Gasteiger partial charge on any atom is -0.336 e. The fraction of sp³-hybridized carbons (Fsp3) is 0.200. The highest BCUT2D eigenvalue weighted by atomic mass is 15.1. The maximum absolute atomic E-state index is 4.89. The summed E-state index contributed by atoms with van der Waals surface area (Å²) in [5.41, 5.74) is 3.39. The number of nitrogens with zero attached hydrogens (tertiary/aromatic N) is 4. The minimum absolute atomic E-state index is 0.0436. The summed E-state index contributed by atoms with van der Waals surface area (Å²) in [6.45, 7) is 1.70. The molecule has 0 fully saturated rings. The summed E-state index contributed by atoms with van der Waals surface area (Å²) in [7, 11) is 2.08. The van der Waals surface area contributed by atoms with E-state index in [0.29, 0.717) is 0 Å². The standard InChI is InChI=1S/C20H21N5/c1-24-18-10-6-5-9-17(18)23-20(24)19(16-7-3-2-4-8-16)22-12-14-25-13-11-21-15-25/h2-11,13,15,19,22H,12,14H2,1H3/t19-/m1/s1. The molecule has 0 aliphatic heterocycles. The van der Waals surface area contributed by atoms with E-state index < -0.39 is 0 Å². The second-order valence-corrected chi connectivity index (χ2v) is 6.12. The number of rotatable bonds is 6. The third kappa shape index (κ3) is 3.19. The lowest BCUT2D eigenvalue weighted by molar-refractivity contribution is 0.525. The lowest BCUT2D eigenvalue weighted by atomic mass is 10.1. The number of para-hydroxylation sites is 2. The fourth-order valence-electron chi connectivity index (χ4n) is 3.18. The van der Waals surface area contributed by atoms with Crippen LogP contribution < -0.4 is 5.32 Å². The van der Waals surface area contributed by atoms with E-state index in [1.165, 1.54) is 5.56 Å². The Morgan fingerprint density at radius 1 is 1.04 bits per heavy atom. The van der Waals surface area contributed by atoms with Gasteiger partial charge in [0, 0.05) is 32.5 Å². The molecule has 0 bridgehead atoms. The lowest BCUT2D eigenvalue weighted by Crippen LogP contribution is -2.28. The van der Waals surface area contributed by atoms with Gasteiger partial charge in [0.05, 0.1) is 23.4 Å². The average Bonchev–Trinajstić information content (AvgIpc) is 3.28. The summed E-state index contributed by atoms with van der Waals surface area (Å²) in [5, 5.41) is 3.66. The summed E-state index contributed by atoms with van der Waals surface area (Å²) in [6.07, 6.45) is 5.63. The van der Waals surface area contributed by atoms with Crippen molar-refractivity contribution < 1.29 is 0 Å². The van der Waals surface area contributed by atoms with Gasteiger partial charge in [-0.3, -0.25) is 0 Å². The van der Waals surface area contributed by atoms with Gasteiger partial charge < -0.3 is 14.5 Å². The second kappa shape index (κ2) is 6.91. The quantitative estimate of drug-likeness (QED) is 0.590. The number of nitrogens with one attached hydrogen (secondary N) is 1. The molecule has 126 valence electrons. The first-order valence-corrected chi connectivity index (χ1v) is 8.48. The third-order valence-corrected chi connectivity index (χ3v) is 4.49. The number of aromatic nitrogens is 4. The van der Waals surface area contributed by atoms with E-state index in [0.717, 1.165) is 29.9 Å². The van der Waals surface area contributed by atoms with Crippen molar-refractivity contribution in [2.75, 3.05) is 6.54 Å². The van der Waals surface area contributed by atoms with Crippen LogP contribution >= 0.6 is 0 Å².